The van der Waals surface area contributed by atoms with Crippen LogP contribution >= 0.6 is 15.9 Å². The molecule has 4 nitrogen and oxygen atoms in total. The summed E-state index contributed by atoms with van der Waals surface area (Å²) in [6.07, 6.45) is 4.41. The number of carbonyl (C=O) groups excluding carboxylic acids is 1. The summed E-state index contributed by atoms with van der Waals surface area (Å²) in [6, 6.07) is 5.66. The maximum Gasteiger partial charge on any atom is 0.303 e. The van der Waals surface area contributed by atoms with Gasteiger partial charge in [0.1, 0.15) is 12.5 Å². The average molecular weight is 387 g/mol. The highest BCUT2D eigenvalue weighted by atomic mass is 79.9. The Hall–Kier alpha value is -1.14. The predicted octanol–water partition coefficient (Wildman–Crippen LogP) is 3.69. The fraction of sp³-hybridized carbons (Fsp3) is 0.588. The van der Waals surface area contributed by atoms with Crippen molar-refractivity contribution in [3.63, 3.8) is 0 Å². The van der Waals surface area contributed by atoms with Gasteiger partial charge in [-0.2, -0.15) is 0 Å². The molecule has 0 amide bonds. The van der Waals surface area contributed by atoms with Crippen LogP contribution in [0, 0.1) is 11.7 Å². The van der Waals surface area contributed by atoms with Gasteiger partial charge in [-0.05, 0) is 65.7 Å². The molecular weight excluding hydrogens is 363 g/mol. The van der Waals surface area contributed by atoms with Crippen molar-refractivity contribution in [2.24, 2.45) is 5.92 Å². The zero-order valence-corrected chi connectivity index (χ0v) is 15.2. The normalized spacial score (nSPS) is 21.0. The van der Waals surface area contributed by atoms with Gasteiger partial charge in [-0.15, -0.1) is 0 Å². The van der Waals surface area contributed by atoms with E-state index in [9.17, 15) is 9.18 Å². The smallest absolute Gasteiger partial charge is 0.303 e. The highest BCUT2D eigenvalue weighted by Gasteiger charge is 2.22. The number of rotatable bonds is 6. The molecule has 0 unspecified atom stereocenters. The van der Waals surface area contributed by atoms with Crippen LogP contribution in [0.2, 0.25) is 0 Å². The van der Waals surface area contributed by atoms with Gasteiger partial charge in [0.05, 0.1) is 4.47 Å². The molecular formula is C17H24BrFN2O2. The predicted molar refractivity (Wildman–Crippen MR) is 92.9 cm³/mol. The van der Waals surface area contributed by atoms with Crippen molar-refractivity contribution >= 4 is 27.6 Å². The van der Waals surface area contributed by atoms with Gasteiger partial charge in [0.15, 0.2) is 0 Å². The number of nitrogens with one attached hydrogen (secondary N) is 1. The van der Waals surface area contributed by atoms with E-state index in [0.717, 1.165) is 37.9 Å². The molecule has 2 rings (SSSR count). The summed E-state index contributed by atoms with van der Waals surface area (Å²) in [6.45, 7) is 2.64. The molecule has 0 bridgehead atoms. The second-order valence-corrected chi connectivity index (χ2v) is 7.04. The number of nitrogens with zero attached hydrogens (tertiary/aromatic N) is 1. The second-order valence-electron chi connectivity index (χ2n) is 6.18. The van der Waals surface area contributed by atoms with Crippen LogP contribution < -0.4 is 10.2 Å². The van der Waals surface area contributed by atoms with E-state index < -0.39 is 0 Å². The number of anilines is 1. The molecule has 6 heteroatoms. The third-order valence-electron chi connectivity index (χ3n) is 4.37. The van der Waals surface area contributed by atoms with E-state index in [1.165, 1.54) is 6.92 Å². The van der Waals surface area contributed by atoms with Crippen LogP contribution in [0.4, 0.5) is 10.1 Å². The zero-order chi connectivity index (χ0) is 16.8. The average Bonchev–Trinajstić information content (AvgIpc) is 2.51. The van der Waals surface area contributed by atoms with E-state index >= 15 is 0 Å². The summed E-state index contributed by atoms with van der Waals surface area (Å²) in [5.41, 5.74) is 0.904. The van der Waals surface area contributed by atoms with Crippen molar-refractivity contribution in [2.45, 2.75) is 38.6 Å². The van der Waals surface area contributed by atoms with Gasteiger partial charge in [-0.1, -0.05) is 0 Å². The maximum absolute atomic E-state index is 13.6. The number of hydrogen-bond donors (Lipinski definition) is 1. The first-order chi connectivity index (χ1) is 11.0. The molecule has 128 valence electrons. The molecule has 0 spiro atoms. The van der Waals surface area contributed by atoms with Gasteiger partial charge in [0.2, 0.25) is 0 Å². The molecule has 0 atom stereocenters. The summed E-state index contributed by atoms with van der Waals surface area (Å²) >= 11 is 3.18. The maximum atomic E-state index is 13.6. The van der Waals surface area contributed by atoms with Gasteiger partial charge in [-0.25, -0.2) is 4.39 Å². The first-order valence-corrected chi connectivity index (χ1v) is 8.78. The third kappa shape index (κ3) is 5.77. The SMILES string of the molecule is CC(=O)OCNC1CCC(CN(C)c2ccc(Br)c(F)c2)CC1. The molecule has 1 aliphatic carbocycles. The molecule has 0 heterocycles. The van der Waals surface area contributed by atoms with Crippen molar-refractivity contribution in [3.8, 4) is 0 Å². The van der Waals surface area contributed by atoms with Crippen molar-refractivity contribution < 1.29 is 13.9 Å². The number of benzene rings is 1. The minimum Gasteiger partial charge on any atom is -0.450 e. The molecule has 1 aromatic carbocycles. The van der Waals surface area contributed by atoms with E-state index in [4.69, 9.17) is 4.74 Å². The molecule has 0 aliphatic heterocycles. The molecule has 1 aromatic rings. The van der Waals surface area contributed by atoms with Crippen LogP contribution in [-0.2, 0) is 9.53 Å². The van der Waals surface area contributed by atoms with Gasteiger partial charge in [0, 0.05) is 32.2 Å². The summed E-state index contributed by atoms with van der Waals surface area (Å²) < 4.78 is 19.0. The van der Waals surface area contributed by atoms with E-state index in [2.05, 4.69) is 26.1 Å². The Balaban J connectivity index is 1.75. The lowest BCUT2D eigenvalue weighted by Gasteiger charge is -2.32. The van der Waals surface area contributed by atoms with Crippen LogP contribution in [0.3, 0.4) is 0 Å². The van der Waals surface area contributed by atoms with Crippen LogP contribution in [0.25, 0.3) is 0 Å². The lowest BCUT2D eigenvalue weighted by molar-refractivity contribution is -0.142. The molecule has 0 saturated heterocycles. The molecule has 1 saturated carbocycles. The third-order valence-corrected chi connectivity index (χ3v) is 5.01. The van der Waals surface area contributed by atoms with Crippen LogP contribution in [-0.4, -0.2) is 32.3 Å². The minimum atomic E-state index is -0.255. The van der Waals surface area contributed by atoms with Crippen molar-refractivity contribution in [2.75, 3.05) is 25.2 Å². The Kier molecular flexibility index (Phi) is 6.84. The molecule has 1 fully saturated rings. The van der Waals surface area contributed by atoms with Gasteiger partial charge < -0.3 is 9.64 Å². The quantitative estimate of drug-likeness (QED) is 0.597. The van der Waals surface area contributed by atoms with Crippen molar-refractivity contribution in [3.05, 3.63) is 28.5 Å². The Morgan fingerprint density at radius 1 is 1.39 bits per heavy atom. The minimum absolute atomic E-state index is 0.229. The molecule has 0 aromatic heterocycles. The fourth-order valence-electron chi connectivity index (χ4n) is 3.03. The standard InChI is InChI=1S/C17H24BrFN2O2/c1-12(22)23-11-20-14-5-3-13(4-6-14)10-21(2)15-7-8-16(18)17(19)9-15/h7-9,13-14,20H,3-6,10-11H2,1-2H3. The largest absolute Gasteiger partial charge is 0.450 e. The van der Waals surface area contributed by atoms with Gasteiger partial charge >= 0.3 is 5.97 Å². The molecule has 1 aliphatic rings. The number of carbonyl (C=O) groups is 1. The summed E-state index contributed by atoms with van der Waals surface area (Å²) in [5.74, 6) is 0.126. The van der Waals surface area contributed by atoms with Crippen LogP contribution in [0.1, 0.15) is 32.6 Å². The highest BCUT2D eigenvalue weighted by Crippen LogP contribution is 2.27. The monoisotopic (exact) mass is 386 g/mol. The lowest BCUT2D eigenvalue weighted by atomic mass is 9.86. The van der Waals surface area contributed by atoms with Crippen molar-refractivity contribution in [1.29, 1.82) is 0 Å². The van der Waals surface area contributed by atoms with E-state index in [1.807, 2.05) is 13.1 Å². The first-order valence-electron chi connectivity index (χ1n) is 7.98. The Bertz CT molecular complexity index is 533. The fourth-order valence-corrected chi connectivity index (χ4v) is 3.27. The van der Waals surface area contributed by atoms with Crippen molar-refractivity contribution in [1.82, 2.24) is 5.32 Å². The van der Waals surface area contributed by atoms with Crippen LogP contribution in [0.15, 0.2) is 22.7 Å². The summed E-state index contributed by atoms with van der Waals surface area (Å²) in [4.78, 5) is 12.9. The topological polar surface area (TPSA) is 41.6 Å². The number of hydrogen-bond acceptors (Lipinski definition) is 4. The second kappa shape index (κ2) is 8.64. The highest BCUT2D eigenvalue weighted by molar-refractivity contribution is 9.10. The summed E-state index contributed by atoms with van der Waals surface area (Å²) in [5, 5.41) is 3.26. The van der Waals surface area contributed by atoms with Gasteiger partial charge in [-0.3, -0.25) is 10.1 Å². The van der Waals surface area contributed by atoms with Crippen LogP contribution in [0.5, 0.6) is 0 Å². The van der Waals surface area contributed by atoms with E-state index in [-0.39, 0.29) is 11.8 Å². The zero-order valence-electron chi connectivity index (χ0n) is 13.6. The van der Waals surface area contributed by atoms with E-state index in [0.29, 0.717) is 23.2 Å². The van der Waals surface area contributed by atoms with E-state index in [1.54, 1.807) is 12.1 Å². The number of halogens is 2. The summed E-state index contributed by atoms with van der Waals surface area (Å²) in [7, 11) is 2.01. The first kappa shape index (κ1) is 18.2. The molecule has 0 radical (unpaired) electrons. The number of ether oxygens (including phenoxy) is 1. The number of esters is 1. The Morgan fingerprint density at radius 2 is 2.09 bits per heavy atom. The Morgan fingerprint density at radius 3 is 2.70 bits per heavy atom. The molecule has 1 N–H and O–H groups in total. The van der Waals surface area contributed by atoms with Gasteiger partial charge in [0.25, 0.3) is 0 Å². The molecule has 23 heavy (non-hydrogen) atoms. The Labute approximate surface area is 145 Å². The lowest BCUT2D eigenvalue weighted by Crippen LogP contribution is -2.37.